The van der Waals surface area contributed by atoms with E-state index in [1.165, 1.54) is 13.8 Å². The number of aryl methyl sites for hydroxylation is 1. The Hall–Kier alpha value is -0.960. The summed E-state index contributed by atoms with van der Waals surface area (Å²) in [6, 6.07) is 5.21. The van der Waals surface area contributed by atoms with Gasteiger partial charge in [-0.3, -0.25) is 0 Å². The van der Waals surface area contributed by atoms with Gasteiger partial charge >= 0.3 is 0 Å². The highest BCUT2D eigenvalue weighted by Gasteiger charge is 2.46. The summed E-state index contributed by atoms with van der Waals surface area (Å²) in [6.45, 7) is 8.38. The lowest BCUT2D eigenvalue weighted by Gasteiger charge is -2.32. The molecular formula is C14H21F2N. The van der Waals surface area contributed by atoms with E-state index in [9.17, 15) is 8.78 Å². The monoisotopic (exact) mass is 241 g/mol. The fourth-order valence-corrected chi connectivity index (χ4v) is 1.68. The topological polar surface area (TPSA) is 26.0 Å². The highest BCUT2D eigenvalue weighted by molar-refractivity contribution is 5.37. The van der Waals surface area contributed by atoms with Crippen molar-refractivity contribution < 1.29 is 8.78 Å². The lowest BCUT2D eigenvalue weighted by molar-refractivity contribution is -0.0678. The summed E-state index contributed by atoms with van der Waals surface area (Å²) in [7, 11) is 0. The number of hydrogen-bond acceptors (Lipinski definition) is 1. The van der Waals surface area contributed by atoms with Crippen LogP contribution in [0, 0.1) is 6.92 Å². The molecule has 1 nitrogen and oxygen atoms in total. The summed E-state index contributed by atoms with van der Waals surface area (Å²) in [4.78, 5) is 0. The van der Waals surface area contributed by atoms with Crippen LogP contribution in [0.5, 0.6) is 0 Å². The Kier molecular flexibility index (Phi) is 3.63. The van der Waals surface area contributed by atoms with Crippen molar-refractivity contribution >= 4 is 0 Å². The maximum Gasteiger partial charge on any atom is 0.290 e. The van der Waals surface area contributed by atoms with Crippen molar-refractivity contribution in [3.8, 4) is 0 Å². The molecule has 1 rings (SSSR count). The van der Waals surface area contributed by atoms with Crippen molar-refractivity contribution in [2.75, 3.05) is 0 Å². The normalized spacial score (nSPS) is 13.2. The van der Waals surface area contributed by atoms with Gasteiger partial charge in [0.05, 0.1) is 5.54 Å². The fraction of sp³-hybridized carbons (Fsp3) is 0.571. The average Bonchev–Trinajstić information content (AvgIpc) is 2.15. The predicted molar refractivity (Wildman–Crippen MR) is 67.4 cm³/mol. The van der Waals surface area contributed by atoms with E-state index in [1.54, 1.807) is 19.1 Å². The second-order valence-electron chi connectivity index (χ2n) is 5.53. The molecule has 0 amide bonds. The highest BCUT2D eigenvalue weighted by Crippen LogP contribution is 2.39. The molecule has 0 aliphatic heterocycles. The molecule has 0 fully saturated rings. The minimum absolute atomic E-state index is 0.0381. The Morgan fingerprint density at radius 1 is 1.18 bits per heavy atom. The molecule has 0 aromatic heterocycles. The van der Waals surface area contributed by atoms with Crippen LogP contribution in [0.3, 0.4) is 0 Å². The number of benzene rings is 1. The summed E-state index contributed by atoms with van der Waals surface area (Å²) in [5.74, 6) is -2.80. The summed E-state index contributed by atoms with van der Waals surface area (Å²) in [6.07, 6.45) is 0. The summed E-state index contributed by atoms with van der Waals surface area (Å²) in [5, 5.41) is 0. The standard InChI is InChI=1S/C14H21F2N/c1-9(2)11-7-6-10(3)12(8-11)14(15,16)13(4,5)17/h6-9H,17H2,1-5H3. The van der Waals surface area contributed by atoms with E-state index < -0.39 is 11.5 Å². The third-order valence-corrected chi connectivity index (χ3v) is 3.08. The molecule has 96 valence electrons. The molecule has 1 aromatic carbocycles. The SMILES string of the molecule is Cc1ccc(C(C)C)cc1C(F)(F)C(C)(C)N. The van der Waals surface area contributed by atoms with E-state index >= 15 is 0 Å². The zero-order valence-corrected chi connectivity index (χ0v) is 11.1. The minimum atomic E-state index is -3.03. The fourth-order valence-electron chi connectivity index (χ4n) is 1.68. The third-order valence-electron chi connectivity index (χ3n) is 3.08. The van der Waals surface area contributed by atoms with Crippen LogP contribution in [-0.4, -0.2) is 5.54 Å². The first-order chi connectivity index (χ1) is 7.57. The maximum atomic E-state index is 14.2. The zero-order valence-electron chi connectivity index (χ0n) is 11.1. The Morgan fingerprint density at radius 3 is 2.12 bits per heavy atom. The molecule has 0 saturated carbocycles. The van der Waals surface area contributed by atoms with Crippen molar-refractivity contribution in [1.29, 1.82) is 0 Å². The van der Waals surface area contributed by atoms with Gasteiger partial charge in [-0.15, -0.1) is 0 Å². The number of rotatable bonds is 3. The van der Waals surface area contributed by atoms with E-state index in [4.69, 9.17) is 5.73 Å². The van der Waals surface area contributed by atoms with Gasteiger partial charge in [0.2, 0.25) is 0 Å². The van der Waals surface area contributed by atoms with Crippen LogP contribution in [-0.2, 0) is 5.92 Å². The van der Waals surface area contributed by atoms with Crippen LogP contribution >= 0.6 is 0 Å². The van der Waals surface area contributed by atoms with Gasteiger partial charge in [-0.05, 0) is 43.9 Å². The molecule has 0 radical (unpaired) electrons. The number of nitrogens with two attached hydrogens (primary N) is 1. The molecule has 0 saturated heterocycles. The molecule has 0 aliphatic rings. The van der Waals surface area contributed by atoms with Gasteiger partial charge in [-0.1, -0.05) is 26.0 Å². The molecule has 0 aliphatic carbocycles. The quantitative estimate of drug-likeness (QED) is 0.852. The van der Waals surface area contributed by atoms with E-state index in [0.717, 1.165) is 5.56 Å². The molecule has 0 bridgehead atoms. The van der Waals surface area contributed by atoms with E-state index in [0.29, 0.717) is 5.56 Å². The number of hydrogen-bond donors (Lipinski definition) is 1. The second kappa shape index (κ2) is 4.37. The highest BCUT2D eigenvalue weighted by atomic mass is 19.3. The van der Waals surface area contributed by atoms with E-state index in [1.807, 2.05) is 19.9 Å². The first kappa shape index (κ1) is 14.1. The Balaban J connectivity index is 3.35. The van der Waals surface area contributed by atoms with Gasteiger partial charge in [0.1, 0.15) is 0 Å². The van der Waals surface area contributed by atoms with Crippen LogP contribution in [0.1, 0.15) is 50.3 Å². The van der Waals surface area contributed by atoms with Crippen LogP contribution in [0.15, 0.2) is 18.2 Å². The molecule has 2 N–H and O–H groups in total. The first-order valence-electron chi connectivity index (χ1n) is 5.85. The lowest BCUT2D eigenvalue weighted by Crippen LogP contribution is -2.48. The van der Waals surface area contributed by atoms with Crippen molar-refractivity contribution in [2.45, 2.75) is 52.0 Å². The number of halogens is 2. The van der Waals surface area contributed by atoms with Crippen molar-refractivity contribution in [1.82, 2.24) is 0 Å². The third kappa shape index (κ3) is 2.65. The molecule has 0 unspecified atom stereocenters. The zero-order chi connectivity index (χ0) is 13.4. The van der Waals surface area contributed by atoms with Crippen molar-refractivity contribution in [3.05, 3.63) is 34.9 Å². The Bertz CT molecular complexity index is 403. The first-order valence-corrected chi connectivity index (χ1v) is 5.85. The summed E-state index contributed by atoms with van der Waals surface area (Å²) in [5.41, 5.74) is 5.56. The van der Waals surface area contributed by atoms with E-state index in [-0.39, 0.29) is 11.5 Å². The molecule has 17 heavy (non-hydrogen) atoms. The second-order valence-corrected chi connectivity index (χ2v) is 5.53. The average molecular weight is 241 g/mol. The lowest BCUT2D eigenvalue weighted by atomic mass is 9.86. The molecule has 0 atom stereocenters. The number of alkyl halides is 2. The van der Waals surface area contributed by atoms with Gasteiger partial charge in [0.15, 0.2) is 0 Å². The van der Waals surface area contributed by atoms with Crippen LogP contribution in [0.4, 0.5) is 8.78 Å². The van der Waals surface area contributed by atoms with E-state index in [2.05, 4.69) is 0 Å². The molecule has 0 heterocycles. The smallest absolute Gasteiger partial charge is 0.290 e. The molecular weight excluding hydrogens is 220 g/mol. The predicted octanol–water partition coefficient (Wildman–Crippen LogP) is 3.95. The van der Waals surface area contributed by atoms with Gasteiger partial charge < -0.3 is 5.73 Å². The van der Waals surface area contributed by atoms with Crippen molar-refractivity contribution in [3.63, 3.8) is 0 Å². The molecule has 1 aromatic rings. The van der Waals surface area contributed by atoms with Crippen LogP contribution in [0.25, 0.3) is 0 Å². The van der Waals surface area contributed by atoms with Crippen LogP contribution in [0.2, 0.25) is 0 Å². The maximum absolute atomic E-state index is 14.2. The summed E-state index contributed by atoms with van der Waals surface area (Å²) >= 11 is 0. The minimum Gasteiger partial charge on any atom is -0.320 e. The van der Waals surface area contributed by atoms with Crippen LogP contribution < -0.4 is 5.73 Å². The van der Waals surface area contributed by atoms with Gasteiger partial charge in [0.25, 0.3) is 5.92 Å². The largest absolute Gasteiger partial charge is 0.320 e. The van der Waals surface area contributed by atoms with Gasteiger partial charge in [0, 0.05) is 5.56 Å². The molecule has 3 heteroatoms. The van der Waals surface area contributed by atoms with Crippen molar-refractivity contribution in [2.24, 2.45) is 5.73 Å². The Morgan fingerprint density at radius 2 is 1.71 bits per heavy atom. The summed E-state index contributed by atoms with van der Waals surface area (Å²) < 4.78 is 28.5. The van der Waals surface area contributed by atoms with Gasteiger partial charge in [-0.25, -0.2) is 0 Å². The van der Waals surface area contributed by atoms with Gasteiger partial charge in [-0.2, -0.15) is 8.78 Å². The molecule has 0 spiro atoms. The Labute approximate surface area is 102 Å².